The Labute approximate surface area is 143 Å². The Bertz CT molecular complexity index is 570. The van der Waals surface area contributed by atoms with Gasteiger partial charge in [-0.15, -0.1) is 0 Å². The van der Waals surface area contributed by atoms with E-state index in [-0.39, 0.29) is 24.2 Å². The maximum absolute atomic E-state index is 13.2. The van der Waals surface area contributed by atoms with Gasteiger partial charge in [0.25, 0.3) is 0 Å². The molecule has 1 aliphatic carbocycles. The third-order valence-electron chi connectivity index (χ3n) is 4.87. The molecule has 5 heteroatoms. The Hall–Kier alpha value is -1.75. The lowest BCUT2D eigenvalue weighted by atomic mass is 9.83. The van der Waals surface area contributed by atoms with Crippen LogP contribution >= 0.6 is 0 Å². The Morgan fingerprint density at radius 3 is 2.62 bits per heavy atom. The minimum Gasteiger partial charge on any atom is -0.352 e. The fraction of sp³-hybridized carbons (Fsp3) is 0.579. The lowest BCUT2D eigenvalue weighted by molar-refractivity contribution is -0.122. The summed E-state index contributed by atoms with van der Waals surface area (Å²) in [5.41, 5.74) is 6.13. The van der Waals surface area contributed by atoms with E-state index in [9.17, 15) is 14.0 Å². The van der Waals surface area contributed by atoms with Crippen LogP contribution in [0.3, 0.4) is 0 Å². The van der Waals surface area contributed by atoms with Gasteiger partial charge in [0, 0.05) is 30.5 Å². The Morgan fingerprint density at radius 2 is 2.00 bits per heavy atom. The van der Waals surface area contributed by atoms with Crippen LogP contribution in [0.15, 0.2) is 24.3 Å². The first-order chi connectivity index (χ1) is 11.5. The van der Waals surface area contributed by atoms with Gasteiger partial charge in [-0.25, -0.2) is 4.39 Å². The van der Waals surface area contributed by atoms with E-state index in [2.05, 4.69) is 5.32 Å². The van der Waals surface area contributed by atoms with Gasteiger partial charge in [-0.05, 0) is 30.9 Å². The number of hydrogen-bond donors (Lipinski definition) is 2. The van der Waals surface area contributed by atoms with E-state index in [1.165, 1.54) is 37.5 Å². The molecule has 3 N–H and O–H groups in total. The summed E-state index contributed by atoms with van der Waals surface area (Å²) < 4.78 is 13.2. The van der Waals surface area contributed by atoms with Crippen LogP contribution in [0, 0.1) is 17.7 Å². The maximum atomic E-state index is 13.2. The molecule has 0 aromatic heterocycles. The zero-order valence-electron chi connectivity index (χ0n) is 14.3. The average molecular weight is 334 g/mol. The maximum Gasteiger partial charge on any atom is 0.220 e. The summed E-state index contributed by atoms with van der Waals surface area (Å²) >= 11 is 0. The second-order valence-electron chi connectivity index (χ2n) is 6.79. The zero-order valence-corrected chi connectivity index (χ0v) is 14.3. The molecule has 0 spiro atoms. The van der Waals surface area contributed by atoms with E-state index in [1.54, 1.807) is 13.0 Å². The van der Waals surface area contributed by atoms with Crippen molar-refractivity contribution in [3.63, 3.8) is 0 Å². The van der Waals surface area contributed by atoms with E-state index in [0.717, 1.165) is 12.8 Å². The monoisotopic (exact) mass is 334 g/mol. The van der Waals surface area contributed by atoms with Crippen molar-refractivity contribution < 1.29 is 14.0 Å². The highest BCUT2D eigenvalue weighted by Crippen LogP contribution is 2.26. The summed E-state index contributed by atoms with van der Waals surface area (Å²) in [6.07, 6.45) is 5.91. The molecule has 1 aromatic carbocycles. The molecule has 1 fully saturated rings. The van der Waals surface area contributed by atoms with Crippen LogP contribution < -0.4 is 11.1 Å². The van der Waals surface area contributed by atoms with E-state index in [0.29, 0.717) is 18.0 Å². The molecule has 0 radical (unpaired) electrons. The second kappa shape index (κ2) is 8.92. The van der Waals surface area contributed by atoms with Crippen molar-refractivity contribution in [2.75, 3.05) is 6.54 Å². The SMILES string of the molecule is CC(CC(=O)NC(CN)C1CCCCC1)C(=O)c1cccc(F)c1. The van der Waals surface area contributed by atoms with Crippen molar-refractivity contribution in [3.05, 3.63) is 35.6 Å². The lowest BCUT2D eigenvalue weighted by Crippen LogP contribution is -2.46. The predicted octanol–water partition coefficient (Wildman–Crippen LogP) is 3.06. The van der Waals surface area contributed by atoms with Gasteiger partial charge in [-0.3, -0.25) is 9.59 Å². The predicted molar refractivity (Wildman–Crippen MR) is 92.1 cm³/mol. The van der Waals surface area contributed by atoms with Gasteiger partial charge >= 0.3 is 0 Å². The molecule has 0 bridgehead atoms. The molecule has 2 atom stereocenters. The van der Waals surface area contributed by atoms with Crippen LogP contribution in [0.1, 0.15) is 55.8 Å². The first-order valence-electron chi connectivity index (χ1n) is 8.80. The molecular weight excluding hydrogens is 307 g/mol. The molecule has 2 rings (SSSR count). The summed E-state index contributed by atoms with van der Waals surface area (Å²) in [4.78, 5) is 24.6. The highest BCUT2D eigenvalue weighted by atomic mass is 19.1. The number of nitrogens with two attached hydrogens (primary N) is 1. The molecule has 0 aliphatic heterocycles. The summed E-state index contributed by atoms with van der Waals surface area (Å²) in [6, 6.07) is 5.56. The van der Waals surface area contributed by atoms with Gasteiger partial charge in [0.05, 0.1) is 0 Å². The number of benzene rings is 1. The highest BCUT2D eigenvalue weighted by Gasteiger charge is 2.25. The quantitative estimate of drug-likeness (QED) is 0.753. The number of amides is 1. The van der Waals surface area contributed by atoms with Gasteiger partial charge in [-0.2, -0.15) is 0 Å². The number of carbonyl (C=O) groups is 2. The van der Waals surface area contributed by atoms with Crippen LogP contribution in [0.5, 0.6) is 0 Å². The van der Waals surface area contributed by atoms with Gasteiger partial charge in [0.2, 0.25) is 5.91 Å². The normalized spacial score (nSPS) is 18.0. The summed E-state index contributed by atoms with van der Waals surface area (Å²) in [6.45, 7) is 2.12. The van der Waals surface area contributed by atoms with Gasteiger partial charge in [-0.1, -0.05) is 38.3 Å². The minimum atomic E-state index is -0.489. The summed E-state index contributed by atoms with van der Waals surface area (Å²) in [5.74, 6) is -0.878. The van der Waals surface area contributed by atoms with E-state index >= 15 is 0 Å². The molecule has 1 amide bonds. The topological polar surface area (TPSA) is 72.2 Å². The van der Waals surface area contributed by atoms with Gasteiger partial charge < -0.3 is 11.1 Å². The fourth-order valence-corrected chi connectivity index (χ4v) is 3.47. The van der Waals surface area contributed by atoms with Crippen molar-refractivity contribution in [3.8, 4) is 0 Å². The van der Waals surface area contributed by atoms with Gasteiger partial charge in [0.15, 0.2) is 5.78 Å². The molecule has 2 unspecified atom stereocenters. The molecule has 1 saturated carbocycles. The summed E-state index contributed by atoms with van der Waals surface area (Å²) in [5, 5.41) is 2.99. The molecule has 0 saturated heterocycles. The number of ketones is 1. The molecule has 1 aromatic rings. The Kier molecular flexibility index (Phi) is 6.91. The van der Waals surface area contributed by atoms with Crippen molar-refractivity contribution in [1.82, 2.24) is 5.32 Å². The van der Waals surface area contributed by atoms with Crippen LogP contribution in [0.2, 0.25) is 0 Å². The number of rotatable bonds is 7. The number of Topliss-reactive ketones (excluding diaryl/α,β-unsaturated/α-hetero) is 1. The smallest absolute Gasteiger partial charge is 0.220 e. The number of hydrogen-bond acceptors (Lipinski definition) is 3. The largest absolute Gasteiger partial charge is 0.352 e. The van der Waals surface area contributed by atoms with Crippen molar-refractivity contribution >= 4 is 11.7 Å². The van der Waals surface area contributed by atoms with E-state index in [4.69, 9.17) is 5.73 Å². The third-order valence-corrected chi connectivity index (χ3v) is 4.87. The Balaban J connectivity index is 1.89. The first-order valence-corrected chi connectivity index (χ1v) is 8.80. The van der Waals surface area contributed by atoms with Gasteiger partial charge in [0.1, 0.15) is 5.82 Å². The fourth-order valence-electron chi connectivity index (χ4n) is 3.47. The molecule has 1 aliphatic rings. The van der Waals surface area contributed by atoms with E-state index in [1.807, 2.05) is 0 Å². The molecule has 24 heavy (non-hydrogen) atoms. The number of halogens is 1. The van der Waals surface area contributed by atoms with Crippen LogP contribution in [0.4, 0.5) is 4.39 Å². The highest BCUT2D eigenvalue weighted by molar-refractivity contribution is 5.99. The number of carbonyl (C=O) groups excluding carboxylic acids is 2. The second-order valence-corrected chi connectivity index (χ2v) is 6.79. The molecular formula is C19H27FN2O2. The number of nitrogens with one attached hydrogen (secondary N) is 1. The zero-order chi connectivity index (χ0) is 17.5. The minimum absolute atomic E-state index is 0.0192. The van der Waals surface area contributed by atoms with Crippen LogP contribution in [-0.2, 0) is 4.79 Å². The molecule has 4 nitrogen and oxygen atoms in total. The van der Waals surface area contributed by atoms with Crippen LogP contribution in [0.25, 0.3) is 0 Å². The van der Waals surface area contributed by atoms with Crippen LogP contribution in [-0.4, -0.2) is 24.3 Å². The first kappa shape index (κ1) is 18.6. The average Bonchev–Trinajstić information content (AvgIpc) is 2.59. The standard InChI is InChI=1S/C19H27FN2O2/c1-13(19(24)15-8-5-9-16(20)11-15)10-18(23)22-17(12-21)14-6-3-2-4-7-14/h5,8-9,11,13-14,17H,2-4,6-7,10,12,21H2,1H3,(H,22,23). The third kappa shape index (κ3) is 5.13. The van der Waals surface area contributed by atoms with Crippen molar-refractivity contribution in [1.29, 1.82) is 0 Å². The lowest BCUT2D eigenvalue weighted by Gasteiger charge is -2.30. The molecule has 0 heterocycles. The van der Waals surface area contributed by atoms with Crippen molar-refractivity contribution in [2.24, 2.45) is 17.6 Å². The Morgan fingerprint density at radius 1 is 1.29 bits per heavy atom. The van der Waals surface area contributed by atoms with Crippen molar-refractivity contribution in [2.45, 2.75) is 51.5 Å². The molecule has 132 valence electrons. The summed E-state index contributed by atoms with van der Waals surface area (Å²) in [7, 11) is 0. The van der Waals surface area contributed by atoms with E-state index < -0.39 is 11.7 Å².